The van der Waals surface area contributed by atoms with Gasteiger partial charge in [0.05, 0.1) is 6.04 Å². The summed E-state index contributed by atoms with van der Waals surface area (Å²) < 4.78 is 13.3. The monoisotopic (exact) mass is 344 g/mol. The molecule has 1 aromatic heterocycles. The maximum absolute atomic E-state index is 13.3. The van der Waals surface area contributed by atoms with Crippen LogP contribution in [-0.4, -0.2) is 52.1 Å². The minimum atomic E-state index is -0.271. The van der Waals surface area contributed by atoms with Crippen LogP contribution in [0, 0.1) is 5.82 Å². The third kappa shape index (κ3) is 4.25. The van der Waals surface area contributed by atoms with Crippen molar-refractivity contribution in [3.8, 4) is 0 Å². The number of carbonyl (C=O) groups is 1. The number of halogens is 1. The molecule has 0 bridgehead atoms. The molecule has 0 spiro atoms. The number of amides is 1. The van der Waals surface area contributed by atoms with Crippen molar-refractivity contribution in [2.45, 2.75) is 38.3 Å². The van der Waals surface area contributed by atoms with E-state index in [0.717, 1.165) is 31.5 Å². The van der Waals surface area contributed by atoms with Crippen LogP contribution in [0.25, 0.3) is 0 Å². The first kappa shape index (κ1) is 17.6. The Morgan fingerprint density at radius 3 is 2.80 bits per heavy atom. The average molecular weight is 344 g/mol. The van der Waals surface area contributed by atoms with E-state index in [4.69, 9.17) is 0 Å². The molecule has 25 heavy (non-hydrogen) atoms. The molecule has 0 saturated carbocycles. The molecule has 1 N–H and O–H groups in total. The zero-order valence-electron chi connectivity index (χ0n) is 14.8. The van der Waals surface area contributed by atoms with E-state index in [1.807, 2.05) is 19.1 Å². The normalized spacial score (nSPS) is 17.4. The van der Waals surface area contributed by atoms with Crippen LogP contribution < -0.4 is 0 Å². The van der Waals surface area contributed by atoms with Gasteiger partial charge in [-0.25, -0.2) is 4.39 Å². The van der Waals surface area contributed by atoms with Crippen LogP contribution >= 0.6 is 0 Å². The first-order valence-corrected chi connectivity index (χ1v) is 8.77. The summed E-state index contributed by atoms with van der Waals surface area (Å²) in [6.07, 6.45) is 3.83. The molecule has 0 radical (unpaired) electrons. The lowest BCUT2D eigenvalue weighted by atomic mass is 9.93. The Kier molecular flexibility index (Phi) is 5.48. The Morgan fingerprint density at radius 1 is 1.40 bits per heavy atom. The van der Waals surface area contributed by atoms with Crippen molar-refractivity contribution >= 4 is 5.91 Å². The van der Waals surface area contributed by atoms with Crippen molar-refractivity contribution in [1.82, 2.24) is 20.0 Å². The van der Waals surface area contributed by atoms with E-state index in [-0.39, 0.29) is 17.8 Å². The molecule has 134 valence electrons. The average Bonchev–Trinajstić information content (AvgIpc) is 3.15. The summed E-state index contributed by atoms with van der Waals surface area (Å²) in [5.74, 6) is 0.294. The Bertz CT molecular complexity index is 695. The van der Waals surface area contributed by atoms with Gasteiger partial charge in [0.2, 0.25) is 5.91 Å². The molecule has 5 nitrogen and oxygen atoms in total. The molecule has 2 aromatic rings. The van der Waals surface area contributed by atoms with Gasteiger partial charge in [0.15, 0.2) is 0 Å². The number of hydrogen-bond donors (Lipinski definition) is 1. The highest BCUT2D eigenvalue weighted by Crippen LogP contribution is 2.27. The van der Waals surface area contributed by atoms with Crippen LogP contribution in [0.1, 0.15) is 36.9 Å². The van der Waals surface area contributed by atoms with E-state index in [2.05, 4.69) is 15.1 Å². The van der Waals surface area contributed by atoms with Gasteiger partial charge in [-0.3, -0.25) is 14.8 Å². The molecular weight excluding hydrogens is 319 g/mol. The van der Waals surface area contributed by atoms with Crippen LogP contribution in [-0.2, 0) is 11.3 Å². The molecule has 0 aliphatic carbocycles. The van der Waals surface area contributed by atoms with Crippen molar-refractivity contribution in [3.05, 3.63) is 53.6 Å². The van der Waals surface area contributed by atoms with Crippen LogP contribution in [0.4, 0.5) is 4.39 Å². The van der Waals surface area contributed by atoms with Gasteiger partial charge < -0.3 is 4.90 Å². The van der Waals surface area contributed by atoms with Crippen molar-refractivity contribution in [2.75, 3.05) is 20.1 Å². The first-order chi connectivity index (χ1) is 12.0. The number of hydrogen-bond acceptors (Lipinski definition) is 3. The molecule has 0 unspecified atom stereocenters. The Morgan fingerprint density at radius 2 is 2.16 bits per heavy atom. The highest BCUT2D eigenvalue weighted by molar-refractivity contribution is 5.81. The maximum Gasteiger partial charge on any atom is 0.239 e. The second-order valence-corrected chi connectivity index (χ2v) is 6.82. The van der Waals surface area contributed by atoms with Crippen molar-refractivity contribution in [3.63, 3.8) is 0 Å². The van der Waals surface area contributed by atoms with E-state index in [1.54, 1.807) is 24.2 Å². The lowest BCUT2D eigenvalue weighted by Gasteiger charge is -2.36. The quantitative estimate of drug-likeness (QED) is 0.907. The smallest absolute Gasteiger partial charge is 0.239 e. The molecule has 6 heteroatoms. The number of nitrogens with one attached hydrogen (secondary N) is 1. The standard InChI is InChI=1S/C19H25FN4O/c1-14(19(25)23(2)13-15-4-3-5-17(20)12-15)24-10-7-16(8-11-24)18-6-9-21-22-18/h3-6,9,12,14,16H,7-8,10-11,13H2,1-2H3,(H,21,22)/t14-/m1/s1. The summed E-state index contributed by atoms with van der Waals surface area (Å²) in [6, 6.07) is 8.27. The van der Waals surface area contributed by atoms with Gasteiger partial charge in [-0.1, -0.05) is 12.1 Å². The first-order valence-electron chi connectivity index (χ1n) is 8.77. The number of aromatic nitrogens is 2. The van der Waals surface area contributed by atoms with Gasteiger partial charge in [0.1, 0.15) is 5.82 Å². The number of benzene rings is 1. The predicted octanol–water partition coefficient (Wildman–Crippen LogP) is 2.78. The van der Waals surface area contributed by atoms with E-state index < -0.39 is 0 Å². The van der Waals surface area contributed by atoms with Crippen molar-refractivity contribution in [1.29, 1.82) is 0 Å². The Labute approximate surface area is 147 Å². The number of aromatic amines is 1. The zero-order chi connectivity index (χ0) is 17.8. The highest BCUT2D eigenvalue weighted by atomic mass is 19.1. The van der Waals surface area contributed by atoms with Crippen molar-refractivity contribution in [2.24, 2.45) is 0 Å². The number of likely N-dealkylation sites (tertiary alicyclic amines) is 1. The van der Waals surface area contributed by atoms with E-state index in [0.29, 0.717) is 12.5 Å². The topological polar surface area (TPSA) is 52.2 Å². The SMILES string of the molecule is C[C@H](C(=O)N(C)Cc1cccc(F)c1)N1CCC(c2ccn[nH]2)CC1. The molecule has 1 fully saturated rings. The fourth-order valence-corrected chi connectivity index (χ4v) is 3.55. The van der Waals surface area contributed by atoms with E-state index in [9.17, 15) is 9.18 Å². The van der Waals surface area contributed by atoms with Gasteiger partial charge in [0, 0.05) is 31.4 Å². The van der Waals surface area contributed by atoms with E-state index >= 15 is 0 Å². The van der Waals surface area contributed by atoms with Crippen LogP contribution in [0.2, 0.25) is 0 Å². The second-order valence-electron chi connectivity index (χ2n) is 6.82. The molecule has 1 aliphatic rings. The van der Waals surface area contributed by atoms with Crippen molar-refractivity contribution < 1.29 is 9.18 Å². The predicted molar refractivity (Wildman–Crippen MR) is 94.5 cm³/mol. The third-order valence-corrected chi connectivity index (χ3v) is 5.08. The zero-order valence-corrected chi connectivity index (χ0v) is 14.8. The Balaban J connectivity index is 1.53. The number of H-pyrrole nitrogens is 1. The minimum absolute atomic E-state index is 0.0734. The Hall–Kier alpha value is -2.21. The third-order valence-electron chi connectivity index (χ3n) is 5.08. The molecule has 1 aromatic carbocycles. The molecule has 1 atom stereocenters. The fraction of sp³-hybridized carbons (Fsp3) is 0.474. The van der Waals surface area contributed by atoms with E-state index in [1.165, 1.54) is 17.8 Å². The molecule has 1 amide bonds. The number of likely N-dealkylation sites (N-methyl/N-ethyl adjacent to an activating group) is 1. The highest BCUT2D eigenvalue weighted by Gasteiger charge is 2.29. The lowest BCUT2D eigenvalue weighted by molar-refractivity contribution is -0.136. The molecule has 1 aliphatic heterocycles. The van der Waals surface area contributed by atoms with Gasteiger partial charge in [-0.2, -0.15) is 5.10 Å². The number of rotatable bonds is 5. The summed E-state index contributed by atoms with van der Waals surface area (Å²) in [5.41, 5.74) is 1.99. The molecule has 1 saturated heterocycles. The minimum Gasteiger partial charge on any atom is -0.340 e. The number of nitrogens with zero attached hydrogens (tertiary/aromatic N) is 3. The molecule has 3 rings (SSSR count). The largest absolute Gasteiger partial charge is 0.340 e. The summed E-state index contributed by atoms with van der Waals surface area (Å²) in [5, 5.41) is 7.07. The summed E-state index contributed by atoms with van der Waals surface area (Å²) in [6.45, 7) is 4.17. The van der Waals surface area contributed by atoms with Crippen LogP contribution in [0.3, 0.4) is 0 Å². The van der Waals surface area contributed by atoms with Crippen LogP contribution in [0.5, 0.6) is 0 Å². The lowest BCUT2D eigenvalue weighted by Crippen LogP contribution is -2.48. The molecule has 2 heterocycles. The fourth-order valence-electron chi connectivity index (χ4n) is 3.55. The van der Waals surface area contributed by atoms with Gasteiger partial charge in [0.25, 0.3) is 0 Å². The number of carbonyl (C=O) groups excluding carboxylic acids is 1. The molecular formula is C19H25FN4O. The summed E-state index contributed by atoms with van der Waals surface area (Å²) >= 11 is 0. The van der Waals surface area contributed by atoms with Gasteiger partial charge in [-0.15, -0.1) is 0 Å². The van der Waals surface area contributed by atoms with Gasteiger partial charge in [-0.05, 0) is 56.6 Å². The summed E-state index contributed by atoms with van der Waals surface area (Å²) in [4.78, 5) is 16.6. The number of piperidine rings is 1. The summed E-state index contributed by atoms with van der Waals surface area (Å²) in [7, 11) is 1.78. The van der Waals surface area contributed by atoms with Gasteiger partial charge >= 0.3 is 0 Å². The van der Waals surface area contributed by atoms with Crippen LogP contribution in [0.15, 0.2) is 36.5 Å². The second kappa shape index (κ2) is 7.78. The maximum atomic E-state index is 13.3.